The van der Waals surface area contributed by atoms with Crippen LogP contribution in [0, 0.1) is 0 Å². The van der Waals surface area contributed by atoms with Crippen LogP contribution in [-0.2, 0) is 16.9 Å². The van der Waals surface area contributed by atoms with E-state index in [4.69, 9.17) is 5.11 Å². The molecule has 2 rings (SSSR count). The molecule has 102 valence electrons. The third kappa shape index (κ3) is 2.65. The molecule has 1 aromatic rings. The number of halogens is 3. The molecule has 0 amide bonds. The van der Waals surface area contributed by atoms with Crippen LogP contribution < -0.4 is 0 Å². The van der Waals surface area contributed by atoms with E-state index < -0.39 is 18.4 Å². The van der Waals surface area contributed by atoms with Crippen LogP contribution in [0.25, 0.3) is 0 Å². The van der Waals surface area contributed by atoms with Crippen molar-refractivity contribution in [1.29, 1.82) is 0 Å². The maximum atomic E-state index is 12.7. The number of hydrogen-bond acceptors (Lipinski definition) is 4. The zero-order chi connectivity index (χ0) is 14.1. The number of nitrogens with zero attached hydrogens (tertiary/aromatic N) is 2. The SMILES string of the molecule is O=C(CO)CCc1ccc(C2(C(F)(F)F)N=N2)cc1. The smallest absolute Gasteiger partial charge is 0.389 e. The van der Waals surface area contributed by atoms with Gasteiger partial charge in [-0.1, -0.05) is 24.3 Å². The van der Waals surface area contributed by atoms with Crippen LogP contribution in [0.5, 0.6) is 0 Å². The molecule has 19 heavy (non-hydrogen) atoms. The van der Waals surface area contributed by atoms with Crippen molar-refractivity contribution in [1.82, 2.24) is 0 Å². The molecule has 1 aliphatic rings. The topological polar surface area (TPSA) is 62.0 Å². The standard InChI is InChI=1S/C12H11F3N2O2/c13-12(14,15)11(16-17-11)9-4-1-8(2-5-9)3-6-10(19)7-18/h1-2,4-5,18H,3,6-7H2. The summed E-state index contributed by atoms with van der Waals surface area (Å²) in [6.45, 7) is -0.521. The van der Waals surface area contributed by atoms with E-state index in [1.54, 1.807) is 0 Å². The number of rotatable bonds is 5. The van der Waals surface area contributed by atoms with Gasteiger partial charge in [-0.25, -0.2) is 0 Å². The molecule has 1 aliphatic heterocycles. The van der Waals surface area contributed by atoms with Gasteiger partial charge in [-0.3, -0.25) is 4.79 Å². The minimum atomic E-state index is -4.53. The average molecular weight is 272 g/mol. The molecule has 0 saturated heterocycles. The maximum absolute atomic E-state index is 12.7. The molecule has 4 nitrogen and oxygen atoms in total. The first kappa shape index (κ1) is 13.7. The van der Waals surface area contributed by atoms with E-state index in [2.05, 4.69) is 10.2 Å². The van der Waals surface area contributed by atoms with Gasteiger partial charge in [-0.2, -0.15) is 13.2 Å². The Morgan fingerprint density at radius 1 is 1.21 bits per heavy atom. The second kappa shape index (κ2) is 4.73. The van der Waals surface area contributed by atoms with Crippen molar-refractivity contribution in [2.45, 2.75) is 24.7 Å². The zero-order valence-electron chi connectivity index (χ0n) is 9.81. The van der Waals surface area contributed by atoms with E-state index in [1.165, 1.54) is 24.3 Å². The predicted octanol–water partition coefficient (Wildman–Crippen LogP) is 2.36. The van der Waals surface area contributed by atoms with Crippen molar-refractivity contribution in [3.05, 3.63) is 35.4 Å². The van der Waals surface area contributed by atoms with Crippen molar-refractivity contribution in [3.63, 3.8) is 0 Å². The average Bonchev–Trinajstić information content (AvgIpc) is 3.17. The van der Waals surface area contributed by atoms with Crippen LogP contribution in [0.3, 0.4) is 0 Å². The summed E-state index contributed by atoms with van der Waals surface area (Å²) in [5.41, 5.74) is -1.70. The molecular formula is C12H11F3N2O2. The Morgan fingerprint density at radius 3 is 2.21 bits per heavy atom. The summed E-state index contributed by atoms with van der Waals surface area (Å²) in [4.78, 5) is 10.9. The number of benzene rings is 1. The van der Waals surface area contributed by atoms with Crippen LogP contribution in [0.15, 0.2) is 34.5 Å². The summed E-state index contributed by atoms with van der Waals surface area (Å²) >= 11 is 0. The van der Waals surface area contributed by atoms with E-state index in [0.29, 0.717) is 6.42 Å². The molecule has 1 heterocycles. The van der Waals surface area contributed by atoms with Crippen molar-refractivity contribution < 1.29 is 23.1 Å². The number of hydrogen-bond donors (Lipinski definition) is 1. The third-order valence-electron chi connectivity index (χ3n) is 2.92. The van der Waals surface area contributed by atoms with E-state index in [0.717, 1.165) is 5.56 Å². The van der Waals surface area contributed by atoms with Gasteiger partial charge in [0.25, 0.3) is 0 Å². The first-order valence-corrected chi connectivity index (χ1v) is 5.62. The molecule has 0 unspecified atom stereocenters. The van der Waals surface area contributed by atoms with Gasteiger partial charge in [0.2, 0.25) is 0 Å². The number of carbonyl (C=O) groups excluding carboxylic acids is 1. The van der Waals surface area contributed by atoms with E-state index in [1.807, 2.05) is 0 Å². The van der Waals surface area contributed by atoms with Crippen molar-refractivity contribution in [3.8, 4) is 0 Å². The van der Waals surface area contributed by atoms with E-state index >= 15 is 0 Å². The van der Waals surface area contributed by atoms with Crippen LogP contribution >= 0.6 is 0 Å². The van der Waals surface area contributed by atoms with Crippen LogP contribution in [0.1, 0.15) is 17.5 Å². The molecular weight excluding hydrogens is 261 g/mol. The summed E-state index contributed by atoms with van der Waals surface area (Å²) in [7, 11) is 0. The molecule has 0 aliphatic carbocycles. The zero-order valence-corrected chi connectivity index (χ0v) is 9.81. The highest BCUT2D eigenvalue weighted by molar-refractivity contribution is 5.79. The van der Waals surface area contributed by atoms with Gasteiger partial charge in [0.1, 0.15) is 6.61 Å². The Bertz CT molecular complexity index is 503. The van der Waals surface area contributed by atoms with Gasteiger partial charge < -0.3 is 5.11 Å². The monoisotopic (exact) mass is 272 g/mol. The highest BCUT2D eigenvalue weighted by atomic mass is 19.4. The molecule has 0 spiro atoms. The molecule has 1 N–H and O–H groups in total. The highest BCUT2D eigenvalue weighted by Gasteiger charge is 2.65. The Labute approximate surface area is 107 Å². The molecule has 0 atom stereocenters. The largest absolute Gasteiger partial charge is 0.442 e. The number of aliphatic hydroxyl groups excluding tert-OH is 1. The number of carbonyl (C=O) groups is 1. The van der Waals surface area contributed by atoms with Gasteiger partial charge in [0.05, 0.1) is 0 Å². The Hall–Kier alpha value is -1.76. The lowest BCUT2D eigenvalue weighted by Crippen LogP contribution is -2.30. The van der Waals surface area contributed by atoms with E-state index in [-0.39, 0.29) is 17.8 Å². The second-order valence-electron chi connectivity index (χ2n) is 4.26. The Kier molecular flexibility index (Phi) is 3.40. The predicted molar refractivity (Wildman–Crippen MR) is 59.4 cm³/mol. The summed E-state index contributed by atoms with van der Waals surface area (Å²) in [6, 6.07) is 5.65. The Morgan fingerprint density at radius 2 is 1.79 bits per heavy atom. The molecule has 0 saturated carbocycles. The normalized spacial score (nSPS) is 16.4. The second-order valence-corrected chi connectivity index (χ2v) is 4.26. The molecule has 0 bridgehead atoms. The van der Waals surface area contributed by atoms with Crippen molar-refractivity contribution in [2.75, 3.05) is 6.61 Å². The van der Waals surface area contributed by atoms with Crippen LogP contribution in [0.4, 0.5) is 13.2 Å². The highest BCUT2D eigenvalue weighted by Crippen LogP contribution is 2.52. The van der Waals surface area contributed by atoms with Gasteiger partial charge in [-0.05, 0) is 12.0 Å². The van der Waals surface area contributed by atoms with E-state index in [9.17, 15) is 18.0 Å². The first-order valence-electron chi connectivity index (χ1n) is 5.62. The molecule has 0 aromatic heterocycles. The first-order chi connectivity index (χ1) is 8.89. The van der Waals surface area contributed by atoms with Gasteiger partial charge in [0.15, 0.2) is 5.78 Å². The number of Topliss-reactive ketones (excluding diaryl/α,β-unsaturated/α-hetero) is 1. The summed E-state index contributed by atoms with van der Waals surface area (Å²) in [5, 5.41) is 14.8. The van der Waals surface area contributed by atoms with Gasteiger partial charge in [0, 0.05) is 12.0 Å². The molecule has 0 fully saturated rings. The maximum Gasteiger partial charge on any atom is 0.442 e. The molecule has 0 radical (unpaired) electrons. The summed E-state index contributed by atoms with van der Waals surface area (Å²) in [5.74, 6) is -0.303. The lowest BCUT2D eigenvalue weighted by molar-refractivity contribution is -0.166. The minimum Gasteiger partial charge on any atom is -0.389 e. The fraction of sp³-hybridized carbons (Fsp3) is 0.417. The number of ketones is 1. The quantitative estimate of drug-likeness (QED) is 0.894. The number of aliphatic hydroxyl groups is 1. The minimum absolute atomic E-state index is 0.0303. The van der Waals surface area contributed by atoms with Crippen molar-refractivity contribution >= 4 is 5.78 Å². The number of aryl methyl sites for hydroxylation is 1. The summed E-state index contributed by atoms with van der Waals surface area (Å²) in [6.07, 6.45) is -3.98. The van der Waals surface area contributed by atoms with Crippen molar-refractivity contribution in [2.24, 2.45) is 10.2 Å². The van der Waals surface area contributed by atoms with Gasteiger partial charge in [-0.15, -0.1) is 10.2 Å². The van der Waals surface area contributed by atoms with Crippen LogP contribution in [-0.4, -0.2) is 23.7 Å². The molecule has 1 aromatic carbocycles. The fourth-order valence-electron chi connectivity index (χ4n) is 1.71. The summed E-state index contributed by atoms with van der Waals surface area (Å²) < 4.78 is 38.2. The fourth-order valence-corrected chi connectivity index (χ4v) is 1.71. The van der Waals surface area contributed by atoms with Gasteiger partial charge >= 0.3 is 11.8 Å². The molecule has 7 heteroatoms. The third-order valence-corrected chi connectivity index (χ3v) is 2.92. The Balaban J connectivity index is 2.05. The lowest BCUT2D eigenvalue weighted by Gasteiger charge is -2.14. The van der Waals surface area contributed by atoms with Crippen LogP contribution in [0.2, 0.25) is 0 Å². The lowest BCUT2D eigenvalue weighted by atomic mass is 9.99. The number of alkyl halides is 3.